The van der Waals surface area contributed by atoms with Crippen LogP contribution in [-0.2, 0) is 9.05 Å². The van der Waals surface area contributed by atoms with Gasteiger partial charge in [-0.3, -0.25) is 4.79 Å². The molecule has 20 heavy (non-hydrogen) atoms. The van der Waals surface area contributed by atoms with Crippen molar-refractivity contribution >= 4 is 41.6 Å². The highest BCUT2D eigenvalue weighted by atomic mass is 79.9. The largest absolute Gasteiger partial charge is 0.352 e. The number of hydrogen-bond donors (Lipinski definition) is 1. The van der Waals surface area contributed by atoms with Crippen molar-refractivity contribution in [2.45, 2.75) is 25.2 Å². The number of carbonyl (C=O) groups excluding carboxylic acids is 1. The van der Waals surface area contributed by atoms with Crippen LogP contribution < -0.4 is 5.32 Å². The van der Waals surface area contributed by atoms with Gasteiger partial charge in [-0.25, -0.2) is 8.42 Å². The fourth-order valence-electron chi connectivity index (χ4n) is 2.03. The molecule has 0 saturated heterocycles. The third-order valence-corrected chi connectivity index (χ3v) is 5.80. The summed E-state index contributed by atoms with van der Waals surface area (Å²) in [7, 11) is 1.47. The molecule has 1 saturated carbocycles. The fraction of sp³-hybridized carbons (Fsp3) is 0.462. The van der Waals surface area contributed by atoms with Crippen LogP contribution >= 0.6 is 26.6 Å². The van der Waals surface area contributed by atoms with Crippen LogP contribution in [0.3, 0.4) is 0 Å². The summed E-state index contributed by atoms with van der Waals surface area (Å²) in [5.41, 5.74) is 1.02. The average molecular weight is 381 g/mol. The average Bonchev–Trinajstić information content (AvgIpc) is 3.04. The van der Waals surface area contributed by atoms with Gasteiger partial charge in [0.2, 0.25) is 0 Å². The van der Waals surface area contributed by atoms with Gasteiger partial charge in [-0.2, -0.15) is 0 Å². The van der Waals surface area contributed by atoms with E-state index in [1.807, 2.05) is 0 Å². The maximum absolute atomic E-state index is 12.2. The summed E-state index contributed by atoms with van der Waals surface area (Å²) >= 11 is 3.26. The third kappa shape index (κ3) is 3.54. The predicted octanol–water partition coefficient (Wildman–Crippen LogP) is 3.07. The van der Waals surface area contributed by atoms with Gasteiger partial charge >= 0.3 is 0 Å². The molecule has 2 atom stereocenters. The van der Waals surface area contributed by atoms with Crippen LogP contribution in [0.15, 0.2) is 21.5 Å². The van der Waals surface area contributed by atoms with Crippen molar-refractivity contribution in [1.29, 1.82) is 0 Å². The Bertz CT molecular complexity index is 660. The first-order valence-corrected chi connectivity index (χ1v) is 9.33. The monoisotopic (exact) mass is 379 g/mol. The van der Waals surface area contributed by atoms with Gasteiger partial charge in [-0.15, -0.1) is 0 Å². The minimum atomic E-state index is -3.86. The summed E-state index contributed by atoms with van der Waals surface area (Å²) < 4.78 is 23.4. The first-order chi connectivity index (χ1) is 9.20. The molecule has 1 aliphatic rings. The number of hydrogen-bond acceptors (Lipinski definition) is 3. The van der Waals surface area contributed by atoms with E-state index >= 15 is 0 Å². The van der Waals surface area contributed by atoms with E-state index < -0.39 is 9.05 Å². The summed E-state index contributed by atoms with van der Waals surface area (Å²) in [6.45, 7) is 4.51. The number of benzene rings is 1. The second kappa shape index (κ2) is 5.66. The molecule has 1 aromatic rings. The summed E-state index contributed by atoms with van der Waals surface area (Å²) in [6, 6.07) is 2.71. The zero-order chi connectivity index (χ0) is 15.1. The summed E-state index contributed by atoms with van der Waals surface area (Å²) in [5, 5.41) is 2.84. The van der Waals surface area contributed by atoms with Gasteiger partial charge in [0.05, 0.1) is 4.90 Å². The van der Waals surface area contributed by atoms with Crippen LogP contribution in [0.5, 0.6) is 0 Å². The van der Waals surface area contributed by atoms with E-state index in [9.17, 15) is 13.2 Å². The maximum Gasteiger partial charge on any atom is 0.261 e. The predicted molar refractivity (Wildman–Crippen MR) is 81.5 cm³/mol. The van der Waals surface area contributed by atoms with E-state index in [0.717, 1.165) is 6.42 Å². The Hall–Kier alpha value is -0.590. The second-order valence-corrected chi connectivity index (χ2v) is 8.62. The van der Waals surface area contributed by atoms with Gasteiger partial charge in [0.15, 0.2) is 0 Å². The minimum absolute atomic E-state index is 0.0819. The topological polar surface area (TPSA) is 63.2 Å². The Balaban J connectivity index is 2.25. The van der Waals surface area contributed by atoms with Gasteiger partial charge in [0.1, 0.15) is 0 Å². The molecule has 2 rings (SSSR count). The van der Waals surface area contributed by atoms with Crippen molar-refractivity contribution < 1.29 is 13.2 Å². The van der Waals surface area contributed by atoms with Crippen molar-refractivity contribution in [2.75, 3.05) is 6.54 Å². The normalized spacial score (nSPS) is 21.6. The van der Waals surface area contributed by atoms with Gasteiger partial charge in [-0.1, -0.05) is 22.9 Å². The van der Waals surface area contributed by atoms with E-state index in [4.69, 9.17) is 10.7 Å². The summed E-state index contributed by atoms with van der Waals surface area (Å²) in [4.78, 5) is 12.1. The van der Waals surface area contributed by atoms with Crippen LogP contribution in [0.25, 0.3) is 0 Å². The van der Waals surface area contributed by atoms with Gasteiger partial charge in [-0.05, 0) is 42.9 Å². The molecule has 110 valence electrons. The number of nitrogens with one attached hydrogen (secondary N) is 1. The molecule has 1 aromatic carbocycles. The van der Waals surface area contributed by atoms with Gasteiger partial charge in [0.25, 0.3) is 15.0 Å². The molecule has 1 amide bonds. The first-order valence-electron chi connectivity index (χ1n) is 6.23. The number of carbonyl (C=O) groups is 1. The van der Waals surface area contributed by atoms with E-state index in [2.05, 4.69) is 28.2 Å². The lowest BCUT2D eigenvalue weighted by Crippen LogP contribution is -2.26. The van der Waals surface area contributed by atoms with Gasteiger partial charge < -0.3 is 5.32 Å². The molecule has 4 nitrogen and oxygen atoms in total. The number of halogens is 2. The molecule has 1 fully saturated rings. The van der Waals surface area contributed by atoms with Crippen LogP contribution in [0.1, 0.15) is 29.3 Å². The lowest BCUT2D eigenvalue weighted by molar-refractivity contribution is 0.0950. The zero-order valence-electron chi connectivity index (χ0n) is 11.1. The molecule has 0 radical (unpaired) electrons. The highest BCUT2D eigenvalue weighted by Crippen LogP contribution is 2.36. The Morgan fingerprint density at radius 1 is 1.50 bits per heavy atom. The summed E-state index contributed by atoms with van der Waals surface area (Å²) in [6.07, 6.45) is 1.12. The molecular formula is C13H15BrClNO3S. The van der Waals surface area contributed by atoms with Crippen LogP contribution in [0.4, 0.5) is 0 Å². The Labute approximate surface area is 131 Å². The SMILES string of the molecule is Cc1c(Br)cc(S(=O)(=O)Cl)cc1C(=O)NCC1CC1C. The smallest absolute Gasteiger partial charge is 0.261 e. The van der Waals surface area contributed by atoms with Crippen LogP contribution in [0.2, 0.25) is 0 Å². The highest BCUT2D eigenvalue weighted by molar-refractivity contribution is 9.10. The van der Waals surface area contributed by atoms with Crippen molar-refractivity contribution in [2.24, 2.45) is 11.8 Å². The Morgan fingerprint density at radius 2 is 2.10 bits per heavy atom. The molecule has 0 aromatic heterocycles. The fourth-order valence-corrected chi connectivity index (χ4v) is 3.43. The van der Waals surface area contributed by atoms with E-state index in [1.165, 1.54) is 12.1 Å². The lowest BCUT2D eigenvalue weighted by Gasteiger charge is -2.10. The molecule has 0 heterocycles. The van der Waals surface area contributed by atoms with Crippen molar-refractivity contribution in [3.8, 4) is 0 Å². The third-order valence-electron chi connectivity index (χ3n) is 3.64. The van der Waals surface area contributed by atoms with Crippen molar-refractivity contribution in [3.05, 3.63) is 27.7 Å². The maximum atomic E-state index is 12.2. The highest BCUT2D eigenvalue weighted by Gasteiger charge is 2.32. The quantitative estimate of drug-likeness (QED) is 0.817. The van der Waals surface area contributed by atoms with Crippen molar-refractivity contribution in [1.82, 2.24) is 5.32 Å². The Kier molecular flexibility index (Phi) is 4.47. The standard InChI is InChI=1S/C13H15BrClNO3S/c1-7-3-9(7)6-16-13(17)11-4-10(20(15,18)19)5-12(14)8(11)2/h4-5,7,9H,3,6H2,1-2H3,(H,16,17). The molecule has 1 N–H and O–H groups in total. The van der Waals surface area contributed by atoms with E-state index in [-0.39, 0.29) is 10.8 Å². The molecule has 0 spiro atoms. The van der Waals surface area contributed by atoms with Gasteiger partial charge in [0, 0.05) is 27.3 Å². The molecule has 0 bridgehead atoms. The number of rotatable bonds is 4. The molecular weight excluding hydrogens is 366 g/mol. The van der Waals surface area contributed by atoms with E-state index in [1.54, 1.807) is 6.92 Å². The first kappa shape index (κ1) is 15.8. The summed E-state index contributed by atoms with van der Waals surface area (Å²) in [5.74, 6) is 0.907. The van der Waals surface area contributed by atoms with E-state index in [0.29, 0.717) is 34.0 Å². The van der Waals surface area contributed by atoms with Crippen LogP contribution in [-0.4, -0.2) is 20.9 Å². The second-order valence-electron chi connectivity index (χ2n) is 5.20. The lowest BCUT2D eigenvalue weighted by atomic mass is 10.1. The molecule has 7 heteroatoms. The van der Waals surface area contributed by atoms with Crippen molar-refractivity contribution in [3.63, 3.8) is 0 Å². The van der Waals surface area contributed by atoms with Crippen LogP contribution in [0, 0.1) is 18.8 Å². The number of amides is 1. The molecule has 1 aliphatic carbocycles. The Morgan fingerprint density at radius 3 is 2.60 bits per heavy atom. The minimum Gasteiger partial charge on any atom is -0.352 e. The molecule has 2 unspecified atom stereocenters. The molecule has 0 aliphatic heterocycles. The zero-order valence-corrected chi connectivity index (χ0v) is 14.3.